The van der Waals surface area contributed by atoms with Crippen molar-refractivity contribution in [1.82, 2.24) is 0 Å². The maximum absolute atomic E-state index is 9.26. The van der Waals surface area contributed by atoms with Gasteiger partial charge in [-0.05, 0) is 77.3 Å². The Kier molecular flexibility index (Phi) is 3.99. The highest BCUT2D eigenvalue weighted by molar-refractivity contribution is 6.22. The predicted molar refractivity (Wildman–Crippen MR) is 208 cm³/mol. The monoisotopic (exact) mass is 635 g/mol. The van der Waals surface area contributed by atoms with Crippen molar-refractivity contribution in [1.29, 1.82) is 0 Å². The van der Waals surface area contributed by atoms with Crippen LogP contribution in [0, 0.1) is 0 Å². The summed E-state index contributed by atoms with van der Waals surface area (Å²) in [6.45, 7) is 0. The Morgan fingerprint density at radius 2 is 0.898 bits per heavy atom. The molecule has 0 fully saturated rings. The van der Waals surface area contributed by atoms with Gasteiger partial charge in [-0.2, -0.15) is 0 Å². The molecule has 0 aliphatic heterocycles. The van der Waals surface area contributed by atoms with E-state index in [1.54, 1.807) is 12.1 Å². The normalized spacial score (nSPS) is 15.4. The predicted octanol–water partition coefficient (Wildman–Crippen LogP) is 13.7. The molecule has 49 heavy (non-hydrogen) atoms. The largest absolute Gasteiger partial charge is 0.455 e. The van der Waals surface area contributed by atoms with Gasteiger partial charge in [-0.1, -0.05) is 176 Å². The molecule has 1 heteroatoms. The third kappa shape index (κ3) is 4.33. The Labute approximate surface area is 302 Å². The summed E-state index contributed by atoms with van der Waals surface area (Å²) in [6.07, 6.45) is 0. The summed E-state index contributed by atoms with van der Waals surface area (Å²) in [6, 6.07) is 25.0. The minimum Gasteiger partial charge on any atom is -0.455 e. The van der Waals surface area contributed by atoms with Crippen LogP contribution in [0.3, 0.4) is 0 Å². The van der Waals surface area contributed by atoms with E-state index in [9.17, 15) is 5.48 Å². The lowest BCUT2D eigenvalue weighted by molar-refractivity contribution is 0.670. The van der Waals surface area contributed by atoms with Crippen LogP contribution < -0.4 is 0 Å². The maximum atomic E-state index is 9.26. The number of furan rings is 1. The molecule has 1 nitrogen and oxygen atoms in total. The third-order valence-electron chi connectivity index (χ3n) is 9.21. The van der Waals surface area contributed by atoms with E-state index >= 15 is 0 Å². The van der Waals surface area contributed by atoms with Gasteiger partial charge in [-0.15, -0.1) is 0 Å². The first-order chi connectivity index (χ1) is 29.7. The molecule has 0 N–H and O–H groups in total. The van der Waals surface area contributed by atoms with Crippen LogP contribution in [-0.4, -0.2) is 0 Å². The van der Waals surface area contributed by atoms with Gasteiger partial charge in [-0.25, -0.2) is 0 Å². The molecule has 0 atom stereocenters. The highest BCUT2D eigenvalue weighted by Gasteiger charge is 2.19. The van der Waals surface area contributed by atoms with Gasteiger partial charge >= 0.3 is 0 Å². The van der Waals surface area contributed by atoms with E-state index in [0.717, 1.165) is 49.4 Å². The molecule has 10 aromatic rings. The molecular weight excluding hydrogens is 593 g/mol. The zero-order valence-electron chi connectivity index (χ0n) is 38.7. The van der Waals surface area contributed by atoms with Crippen LogP contribution in [0.15, 0.2) is 186 Å². The van der Waals surface area contributed by atoms with Gasteiger partial charge < -0.3 is 4.42 Å². The number of fused-ring (bicyclic) bond motifs is 6. The molecule has 0 radical (unpaired) electrons. The van der Waals surface area contributed by atoms with Crippen LogP contribution in [-0.2, 0) is 0 Å². The van der Waals surface area contributed by atoms with Crippen molar-refractivity contribution in [2.24, 2.45) is 0 Å². The summed E-state index contributed by atoms with van der Waals surface area (Å²) >= 11 is 0. The summed E-state index contributed by atoms with van der Waals surface area (Å²) in [7, 11) is 0. The third-order valence-corrected chi connectivity index (χ3v) is 9.21. The van der Waals surface area contributed by atoms with Gasteiger partial charge in [0.15, 0.2) is 0 Å². The molecule has 9 aromatic carbocycles. The van der Waals surface area contributed by atoms with Crippen LogP contribution in [0.4, 0.5) is 0 Å². The fourth-order valence-corrected chi connectivity index (χ4v) is 7.12. The standard InChI is InChI=1S/C48H30O/c1-2-14-33(15-3-1)45-38-18-6-8-20-40(38)46(41-21-9-7-19-39(41)45)34-29-27-32(28-30-34)36-22-12-26-44-47(36)43-25-11-24-42(48(43)49-44)37-23-10-16-31-13-4-5-17-35(31)37/h1-30H/i1D,2D,3D,6D,7D,8D,9D,14D,15D,18D,19D,20D,21D. The molecule has 0 bridgehead atoms. The molecular formula is C48H30O. The van der Waals surface area contributed by atoms with Crippen LogP contribution in [0.25, 0.3) is 98.8 Å². The minimum absolute atomic E-state index is 0.0726. The molecule has 10 rings (SSSR count). The van der Waals surface area contributed by atoms with Gasteiger partial charge in [0.2, 0.25) is 0 Å². The zero-order chi connectivity index (χ0) is 43.6. The number of hydrogen-bond donors (Lipinski definition) is 0. The molecule has 0 spiro atoms. The van der Waals surface area contributed by atoms with Gasteiger partial charge in [0.1, 0.15) is 11.2 Å². The Morgan fingerprint density at radius 3 is 1.63 bits per heavy atom. The second kappa shape index (κ2) is 11.1. The molecule has 1 aromatic heterocycles. The van der Waals surface area contributed by atoms with Crippen LogP contribution >= 0.6 is 0 Å². The lowest BCUT2D eigenvalue weighted by Gasteiger charge is -2.18. The van der Waals surface area contributed by atoms with Gasteiger partial charge in [0.05, 0.1) is 17.8 Å². The molecule has 0 unspecified atom stereocenters. The van der Waals surface area contributed by atoms with E-state index in [1.807, 2.05) is 66.7 Å². The average molecular weight is 636 g/mol. The van der Waals surface area contributed by atoms with E-state index in [4.69, 9.17) is 16.8 Å². The summed E-state index contributed by atoms with van der Waals surface area (Å²) in [4.78, 5) is 0. The lowest BCUT2D eigenvalue weighted by atomic mass is 9.85. The molecule has 0 amide bonds. The van der Waals surface area contributed by atoms with Crippen molar-refractivity contribution in [3.63, 3.8) is 0 Å². The Balaban J connectivity index is 1.26. The molecule has 0 aliphatic carbocycles. The quantitative estimate of drug-likeness (QED) is 0.175. The lowest BCUT2D eigenvalue weighted by Crippen LogP contribution is -1.90. The average Bonchev–Trinajstić information content (AvgIpc) is 3.69. The second-order valence-electron chi connectivity index (χ2n) is 11.8. The Bertz CT molecular complexity index is 3500. The van der Waals surface area contributed by atoms with E-state index in [2.05, 4.69) is 24.3 Å². The highest BCUT2D eigenvalue weighted by atomic mass is 16.3. The first-order valence-corrected chi connectivity index (χ1v) is 15.8. The number of hydrogen-bond acceptors (Lipinski definition) is 1. The highest BCUT2D eigenvalue weighted by Crippen LogP contribution is 2.45. The van der Waals surface area contributed by atoms with E-state index in [-0.39, 0.29) is 32.7 Å². The summed E-state index contributed by atoms with van der Waals surface area (Å²) in [5.41, 5.74) is 4.65. The van der Waals surface area contributed by atoms with Crippen molar-refractivity contribution < 1.29 is 22.2 Å². The molecule has 228 valence electrons. The molecule has 0 aliphatic rings. The first-order valence-electron chi connectivity index (χ1n) is 22.3. The van der Waals surface area contributed by atoms with Crippen molar-refractivity contribution in [2.45, 2.75) is 0 Å². The van der Waals surface area contributed by atoms with Crippen LogP contribution in [0.1, 0.15) is 17.8 Å². The smallest absolute Gasteiger partial charge is 0.143 e. The van der Waals surface area contributed by atoms with Crippen molar-refractivity contribution >= 4 is 54.3 Å². The number of benzene rings is 9. The Morgan fingerprint density at radius 1 is 0.367 bits per heavy atom. The van der Waals surface area contributed by atoms with Crippen molar-refractivity contribution in [2.75, 3.05) is 0 Å². The zero-order valence-corrected chi connectivity index (χ0v) is 25.7. The molecule has 0 saturated heterocycles. The van der Waals surface area contributed by atoms with Gasteiger partial charge in [-0.3, -0.25) is 0 Å². The van der Waals surface area contributed by atoms with E-state index < -0.39 is 84.1 Å². The van der Waals surface area contributed by atoms with E-state index in [0.29, 0.717) is 11.1 Å². The summed E-state index contributed by atoms with van der Waals surface area (Å²) < 4.78 is 121. The van der Waals surface area contributed by atoms with E-state index in [1.165, 1.54) is 0 Å². The number of para-hydroxylation sites is 1. The summed E-state index contributed by atoms with van der Waals surface area (Å²) in [5.74, 6) is 0. The maximum Gasteiger partial charge on any atom is 0.143 e. The van der Waals surface area contributed by atoms with Crippen molar-refractivity contribution in [3.05, 3.63) is 182 Å². The van der Waals surface area contributed by atoms with Crippen molar-refractivity contribution in [3.8, 4) is 44.5 Å². The first kappa shape index (κ1) is 17.6. The number of rotatable bonds is 4. The van der Waals surface area contributed by atoms with Gasteiger partial charge in [0, 0.05) is 16.3 Å². The van der Waals surface area contributed by atoms with Gasteiger partial charge in [0.25, 0.3) is 0 Å². The second-order valence-corrected chi connectivity index (χ2v) is 11.8. The van der Waals surface area contributed by atoms with Crippen LogP contribution in [0.2, 0.25) is 0 Å². The van der Waals surface area contributed by atoms with Crippen LogP contribution in [0.5, 0.6) is 0 Å². The fraction of sp³-hybridized carbons (Fsp3) is 0. The fourth-order valence-electron chi connectivity index (χ4n) is 7.12. The minimum atomic E-state index is -0.714. The summed E-state index contributed by atoms with van der Waals surface area (Å²) in [5, 5.41) is 3.21. The SMILES string of the molecule is [2H]c1c([2H])c([2H])c(-c2c3c([2H])c([2H])c([2H])c([2H])c3c(-c3ccc(-c4cccc5oc6c(-c7cccc8ccccc78)cccc6c45)cc3)c3c([2H])c([2H])c([2H])c([2H])c23)c([2H])c1[2H]. The Hall–Kier alpha value is -6.44. The molecule has 1 heterocycles. The molecule has 0 saturated carbocycles. The topological polar surface area (TPSA) is 13.1 Å².